The predicted molar refractivity (Wildman–Crippen MR) is 80.1 cm³/mol. The van der Waals surface area contributed by atoms with Crippen LogP contribution in [0.4, 0.5) is 0 Å². The Labute approximate surface area is 118 Å². The molecule has 5 nitrogen and oxygen atoms in total. The lowest BCUT2D eigenvalue weighted by Gasteiger charge is -2.10. The quantitative estimate of drug-likeness (QED) is 0.807. The highest BCUT2D eigenvalue weighted by molar-refractivity contribution is 7.80. The molecule has 0 aliphatic heterocycles. The van der Waals surface area contributed by atoms with Crippen molar-refractivity contribution in [1.82, 2.24) is 9.55 Å². The number of hydrogen-bond acceptors (Lipinski definition) is 4. The fourth-order valence-corrected chi connectivity index (χ4v) is 3.97. The molecule has 0 unspecified atom stereocenters. The molecule has 3 rings (SSSR count). The molecule has 3 N–H and O–H groups in total. The number of nitrogens with two attached hydrogens (primary N) is 1. The van der Waals surface area contributed by atoms with Crippen LogP contribution in [0, 0.1) is 0 Å². The molecule has 0 bridgehead atoms. The molecular formula is C12H13N3O2S2. The van der Waals surface area contributed by atoms with Gasteiger partial charge in [-0.1, -0.05) is 12.2 Å². The van der Waals surface area contributed by atoms with Crippen LogP contribution in [0.1, 0.15) is 23.3 Å². The van der Waals surface area contributed by atoms with E-state index in [2.05, 4.69) is 4.98 Å². The van der Waals surface area contributed by atoms with Gasteiger partial charge in [0, 0.05) is 4.88 Å². The van der Waals surface area contributed by atoms with E-state index < -0.39 is 5.69 Å². The first-order valence-electron chi connectivity index (χ1n) is 6.13. The Kier molecular flexibility index (Phi) is 3.02. The average molecular weight is 295 g/mol. The highest BCUT2D eigenvalue weighted by Crippen LogP contribution is 2.32. The second-order valence-electron chi connectivity index (χ2n) is 4.70. The summed E-state index contributed by atoms with van der Waals surface area (Å²) >= 11 is 6.31. The zero-order chi connectivity index (χ0) is 13.6. The molecule has 100 valence electrons. The Morgan fingerprint density at radius 2 is 2.11 bits per heavy atom. The molecule has 0 amide bonds. The molecular weight excluding hydrogens is 282 g/mol. The molecule has 19 heavy (non-hydrogen) atoms. The van der Waals surface area contributed by atoms with Crippen LogP contribution < -0.4 is 17.0 Å². The van der Waals surface area contributed by atoms with Gasteiger partial charge in [0.05, 0.1) is 16.9 Å². The molecule has 0 aromatic carbocycles. The van der Waals surface area contributed by atoms with E-state index >= 15 is 0 Å². The first-order chi connectivity index (χ1) is 9.08. The normalized spacial score (nSPS) is 14.5. The fraction of sp³-hybridized carbons (Fsp3) is 0.417. The summed E-state index contributed by atoms with van der Waals surface area (Å²) in [6, 6.07) is 0. The summed E-state index contributed by atoms with van der Waals surface area (Å²) in [6.07, 6.45) is 4.13. The monoisotopic (exact) mass is 295 g/mol. The maximum atomic E-state index is 12.5. The van der Waals surface area contributed by atoms with Crippen LogP contribution in [0.25, 0.3) is 10.2 Å². The van der Waals surface area contributed by atoms with Crippen molar-refractivity contribution in [2.24, 2.45) is 5.73 Å². The maximum Gasteiger partial charge on any atom is 0.329 e. The molecule has 1 aliphatic rings. The van der Waals surface area contributed by atoms with Crippen molar-refractivity contribution in [3.8, 4) is 0 Å². The van der Waals surface area contributed by atoms with Gasteiger partial charge < -0.3 is 5.73 Å². The fourth-order valence-electron chi connectivity index (χ4n) is 2.57. The van der Waals surface area contributed by atoms with Crippen LogP contribution in [0.15, 0.2) is 9.59 Å². The lowest BCUT2D eigenvalue weighted by molar-refractivity contribution is 0.697. The molecule has 0 radical (unpaired) electrons. The van der Waals surface area contributed by atoms with Crippen LogP contribution in [0.5, 0.6) is 0 Å². The van der Waals surface area contributed by atoms with Crippen LogP contribution >= 0.6 is 23.6 Å². The van der Waals surface area contributed by atoms with Gasteiger partial charge in [-0.2, -0.15) is 0 Å². The summed E-state index contributed by atoms with van der Waals surface area (Å²) in [4.78, 5) is 29.2. The summed E-state index contributed by atoms with van der Waals surface area (Å²) in [6.45, 7) is -0.00986. The van der Waals surface area contributed by atoms with E-state index in [0.29, 0.717) is 10.2 Å². The van der Waals surface area contributed by atoms with Crippen molar-refractivity contribution in [3.05, 3.63) is 31.3 Å². The van der Waals surface area contributed by atoms with Gasteiger partial charge in [-0.25, -0.2) is 4.79 Å². The lowest BCUT2D eigenvalue weighted by Crippen LogP contribution is -2.38. The van der Waals surface area contributed by atoms with Crippen LogP contribution in [-0.2, 0) is 19.4 Å². The Bertz CT molecular complexity index is 785. The third kappa shape index (κ3) is 2.02. The van der Waals surface area contributed by atoms with Gasteiger partial charge in [0.2, 0.25) is 0 Å². The zero-order valence-electron chi connectivity index (χ0n) is 10.2. The van der Waals surface area contributed by atoms with E-state index in [1.807, 2.05) is 0 Å². The highest BCUT2D eigenvalue weighted by atomic mass is 32.1. The minimum Gasteiger partial charge on any atom is -0.392 e. The number of nitrogens with zero attached hydrogens (tertiary/aromatic N) is 1. The molecule has 2 heterocycles. The number of thiophene rings is 1. The summed E-state index contributed by atoms with van der Waals surface area (Å²) in [5, 5.41) is 0.649. The number of aryl methyl sites for hydroxylation is 2. The summed E-state index contributed by atoms with van der Waals surface area (Å²) in [5.41, 5.74) is 5.83. The number of nitrogens with one attached hydrogen (secondary N) is 1. The van der Waals surface area contributed by atoms with Crippen molar-refractivity contribution in [3.63, 3.8) is 0 Å². The Morgan fingerprint density at radius 3 is 2.84 bits per heavy atom. The number of H-pyrrole nitrogens is 1. The predicted octanol–water partition coefficient (Wildman–Crippen LogP) is 0.916. The molecule has 7 heteroatoms. The first kappa shape index (κ1) is 12.6. The van der Waals surface area contributed by atoms with Gasteiger partial charge >= 0.3 is 5.69 Å². The average Bonchev–Trinajstić information content (AvgIpc) is 2.72. The second-order valence-corrected chi connectivity index (χ2v) is 6.33. The molecule has 0 saturated carbocycles. The minimum absolute atomic E-state index is 0.00986. The molecule has 2 aromatic heterocycles. The largest absolute Gasteiger partial charge is 0.392 e. The molecule has 2 aromatic rings. The SMILES string of the molecule is NC(=S)Cn1c(=O)[nH]c2sc3c(c2c1=O)CCCC3. The van der Waals surface area contributed by atoms with Crippen LogP contribution in [0.3, 0.4) is 0 Å². The van der Waals surface area contributed by atoms with Crippen molar-refractivity contribution >= 4 is 38.8 Å². The van der Waals surface area contributed by atoms with E-state index in [0.717, 1.165) is 35.8 Å². The van der Waals surface area contributed by atoms with Gasteiger partial charge in [0.25, 0.3) is 5.56 Å². The molecule has 0 atom stereocenters. The van der Waals surface area contributed by atoms with Crippen molar-refractivity contribution < 1.29 is 0 Å². The number of aromatic amines is 1. The molecule has 1 aliphatic carbocycles. The Balaban J connectivity index is 2.33. The highest BCUT2D eigenvalue weighted by Gasteiger charge is 2.20. The zero-order valence-corrected chi connectivity index (χ0v) is 11.8. The van der Waals surface area contributed by atoms with E-state index in [-0.39, 0.29) is 17.1 Å². The number of rotatable bonds is 2. The number of fused-ring (bicyclic) bond motifs is 3. The number of thiocarbonyl (C=S) groups is 1. The second kappa shape index (κ2) is 4.57. The standard InChI is InChI=1S/C12H13N3O2S2/c13-8(18)5-15-11(16)9-6-3-1-2-4-7(6)19-10(9)14-12(15)17/h1-5H2,(H2,13,18)(H,14,17). The molecule has 0 spiro atoms. The lowest BCUT2D eigenvalue weighted by atomic mass is 9.97. The van der Waals surface area contributed by atoms with Crippen molar-refractivity contribution in [2.45, 2.75) is 32.2 Å². The minimum atomic E-state index is -0.441. The Morgan fingerprint density at radius 1 is 1.37 bits per heavy atom. The summed E-state index contributed by atoms with van der Waals surface area (Å²) < 4.78 is 1.09. The van der Waals surface area contributed by atoms with Crippen molar-refractivity contribution in [1.29, 1.82) is 0 Å². The van der Waals surface area contributed by atoms with Gasteiger partial charge in [-0.3, -0.25) is 14.3 Å². The van der Waals surface area contributed by atoms with Gasteiger partial charge in [-0.05, 0) is 31.2 Å². The van der Waals surface area contributed by atoms with E-state index in [4.69, 9.17) is 18.0 Å². The topological polar surface area (TPSA) is 80.9 Å². The van der Waals surface area contributed by atoms with Crippen LogP contribution in [-0.4, -0.2) is 14.5 Å². The molecule has 0 fully saturated rings. The number of hydrogen-bond donors (Lipinski definition) is 2. The van der Waals surface area contributed by atoms with Gasteiger partial charge in [0.15, 0.2) is 0 Å². The number of aromatic nitrogens is 2. The Hall–Kier alpha value is -1.47. The third-order valence-electron chi connectivity index (χ3n) is 3.41. The first-order valence-corrected chi connectivity index (χ1v) is 7.36. The van der Waals surface area contributed by atoms with E-state index in [1.165, 1.54) is 16.2 Å². The van der Waals surface area contributed by atoms with Crippen molar-refractivity contribution in [2.75, 3.05) is 0 Å². The van der Waals surface area contributed by atoms with Gasteiger partial charge in [-0.15, -0.1) is 11.3 Å². The summed E-state index contributed by atoms with van der Waals surface area (Å²) in [5.74, 6) is 0. The van der Waals surface area contributed by atoms with Gasteiger partial charge in [0.1, 0.15) is 4.83 Å². The molecule has 0 saturated heterocycles. The smallest absolute Gasteiger partial charge is 0.329 e. The maximum absolute atomic E-state index is 12.5. The van der Waals surface area contributed by atoms with E-state index in [9.17, 15) is 9.59 Å². The van der Waals surface area contributed by atoms with Crippen LogP contribution in [0.2, 0.25) is 0 Å². The summed E-state index contributed by atoms with van der Waals surface area (Å²) in [7, 11) is 0. The van der Waals surface area contributed by atoms with E-state index in [1.54, 1.807) is 0 Å². The third-order valence-corrected chi connectivity index (χ3v) is 4.75.